The van der Waals surface area contributed by atoms with Gasteiger partial charge >= 0.3 is 0 Å². The molecule has 3 heteroatoms. The molecule has 0 fully saturated rings. The Kier molecular flexibility index (Phi) is 3.60. The smallest absolute Gasteiger partial charge is 0.222 e. The van der Waals surface area contributed by atoms with E-state index in [1.54, 1.807) is 0 Å². The van der Waals surface area contributed by atoms with E-state index in [1.165, 1.54) is 0 Å². The molecule has 112 valence electrons. The fraction of sp³-hybridized carbons (Fsp3) is 0.0500. The quantitative estimate of drug-likeness (QED) is 0.608. The summed E-state index contributed by atoms with van der Waals surface area (Å²) in [5.74, 6) is 0.659. The fourth-order valence-electron chi connectivity index (χ4n) is 2.75. The summed E-state index contributed by atoms with van der Waals surface area (Å²) in [4.78, 5) is 4.66. The van der Waals surface area contributed by atoms with Crippen LogP contribution in [-0.4, -0.2) is 5.90 Å². The molecule has 1 unspecified atom stereocenters. The molecular formula is C20H14ClNO. The van der Waals surface area contributed by atoms with Gasteiger partial charge in [-0.3, -0.25) is 0 Å². The highest BCUT2D eigenvalue weighted by Gasteiger charge is 2.30. The van der Waals surface area contributed by atoms with Crippen LogP contribution in [0.2, 0.25) is 5.02 Å². The highest BCUT2D eigenvalue weighted by atomic mass is 35.5. The predicted molar refractivity (Wildman–Crippen MR) is 93.5 cm³/mol. The zero-order valence-electron chi connectivity index (χ0n) is 12.3. The summed E-state index contributed by atoms with van der Waals surface area (Å²) in [5, 5.41) is 0.721. The van der Waals surface area contributed by atoms with Crippen molar-refractivity contribution in [2.24, 2.45) is 4.99 Å². The van der Waals surface area contributed by atoms with Gasteiger partial charge in [-0.25, -0.2) is 4.99 Å². The molecule has 1 heterocycles. The average molecular weight is 320 g/mol. The van der Waals surface area contributed by atoms with E-state index in [2.05, 4.69) is 11.1 Å². The van der Waals surface area contributed by atoms with Gasteiger partial charge in [0.1, 0.15) is 0 Å². The molecular weight excluding hydrogens is 306 g/mol. The Bertz CT molecular complexity index is 856. The van der Waals surface area contributed by atoms with E-state index >= 15 is 0 Å². The summed E-state index contributed by atoms with van der Waals surface area (Å²) >= 11 is 5.99. The third-order valence-electron chi connectivity index (χ3n) is 3.86. The highest BCUT2D eigenvalue weighted by molar-refractivity contribution is 6.30. The van der Waals surface area contributed by atoms with Gasteiger partial charge in [0.2, 0.25) is 5.90 Å². The minimum absolute atomic E-state index is 0.147. The molecule has 4 rings (SSSR count). The Balaban J connectivity index is 1.78. The van der Waals surface area contributed by atoms with E-state index in [9.17, 15) is 0 Å². The van der Waals surface area contributed by atoms with E-state index in [0.717, 1.165) is 27.4 Å². The van der Waals surface area contributed by atoms with Crippen LogP contribution in [0, 0.1) is 0 Å². The number of para-hydroxylation sites is 1. The monoisotopic (exact) mass is 319 g/mol. The zero-order chi connectivity index (χ0) is 15.6. The largest absolute Gasteiger partial charge is 0.464 e. The van der Waals surface area contributed by atoms with Gasteiger partial charge in [-0.2, -0.15) is 0 Å². The maximum atomic E-state index is 6.17. The zero-order valence-corrected chi connectivity index (χ0v) is 13.1. The standard InChI is InChI=1S/C20H14ClNO/c21-15-12-10-14(11-13-15)19-17-8-4-5-9-18(17)20(23-19)22-16-6-2-1-3-7-16/h1-13,19H. The Hall–Kier alpha value is -2.58. The molecule has 3 aromatic carbocycles. The number of benzene rings is 3. The van der Waals surface area contributed by atoms with Crippen LogP contribution in [0.4, 0.5) is 5.69 Å². The van der Waals surface area contributed by atoms with Crippen molar-refractivity contribution in [2.75, 3.05) is 0 Å². The second kappa shape index (κ2) is 5.90. The van der Waals surface area contributed by atoms with Crippen LogP contribution >= 0.6 is 11.6 Å². The Morgan fingerprint density at radius 3 is 2.26 bits per heavy atom. The topological polar surface area (TPSA) is 21.6 Å². The summed E-state index contributed by atoms with van der Waals surface area (Å²) in [6.45, 7) is 0. The van der Waals surface area contributed by atoms with Crippen LogP contribution in [-0.2, 0) is 4.74 Å². The normalized spacial score (nSPS) is 17.8. The van der Waals surface area contributed by atoms with Crippen LogP contribution < -0.4 is 0 Å². The third-order valence-corrected chi connectivity index (χ3v) is 4.11. The summed E-state index contributed by atoms with van der Waals surface area (Å²) in [5.41, 5.74) is 4.12. The second-order valence-electron chi connectivity index (χ2n) is 5.39. The van der Waals surface area contributed by atoms with Crippen LogP contribution in [0.1, 0.15) is 22.8 Å². The van der Waals surface area contributed by atoms with Gasteiger partial charge in [0.05, 0.1) is 5.69 Å². The lowest BCUT2D eigenvalue weighted by atomic mass is 9.99. The van der Waals surface area contributed by atoms with Crippen LogP contribution in [0.5, 0.6) is 0 Å². The lowest BCUT2D eigenvalue weighted by Crippen LogP contribution is -2.01. The van der Waals surface area contributed by atoms with Crippen molar-refractivity contribution in [3.05, 3.63) is 101 Å². The van der Waals surface area contributed by atoms with Crippen molar-refractivity contribution in [1.82, 2.24) is 0 Å². The van der Waals surface area contributed by atoms with Gasteiger partial charge in [-0.05, 0) is 35.9 Å². The Morgan fingerprint density at radius 2 is 1.48 bits per heavy atom. The van der Waals surface area contributed by atoms with E-state index < -0.39 is 0 Å². The molecule has 0 bridgehead atoms. The summed E-state index contributed by atoms with van der Waals surface area (Å²) in [6, 6.07) is 25.8. The number of aliphatic imine (C=N–C) groups is 1. The number of fused-ring (bicyclic) bond motifs is 1. The van der Waals surface area contributed by atoms with Crippen molar-refractivity contribution < 1.29 is 4.74 Å². The van der Waals surface area contributed by atoms with Crippen molar-refractivity contribution in [3.63, 3.8) is 0 Å². The molecule has 0 N–H and O–H groups in total. The van der Waals surface area contributed by atoms with Crippen molar-refractivity contribution in [3.8, 4) is 0 Å². The number of hydrogen-bond donors (Lipinski definition) is 0. The van der Waals surface area contributed by atoms with E-state index in [-0.39, 0.29) is 6.10 Å². The van der Waals surface area contributed by atoms with Crippen molar-refractivity contribution in [2.45, 2.75) is 6.10 Å². The van der Waals surface area contributed by atoms with Gasteiger partial charge in [-0.15, -0.1) is 0 Å². The SMILES string of the molecule is Clc1ccc(C2OC(=Nc3ccccc3)c3ccccc32)cc1. The Morgan fingerprint density at radius 1 is 0.783 bits per heavy atom. The van der Waals surface area contributed by atoms with Gasteiger partial charge < -0.3 is 4.74 Å². The summed E-state index contributed by atoms with van der Waals surface area (Å²) in [7, 11) is 0. The van der Waals surface area contributed by atoms with E-state index in [0.29, 0.717) is 5.90 Å². The van der Waals surface area contributed by atoms with Crippen LogP contribution in [0.3, 0.4) is 0 Å². The number of nitrogens with zero attached hydrogens (tertiary/aromatic N) is 1. The first-order valence-electron chi connectivity index (χ1n) is 7.46. The predicted octanol–water partition coefficient (Wildman–Crippen LogP) is 5.54. The molecule has 0 saturated heterocycles. The lowest BCUT2D eigenvalue weighted by molar-refractivity contribution is 0.252. The molecule has 23 heavy (non-hydrogen) atoms. The van der Waals surface area contributed by atoms with Crippen LogP contribution in [0.25, 0.3) is 0 Å². The summed E-state index contributed by atoms with van der Waals surface area (Å²) < 4.78 is 6.17. The Labute approximate surface area is 140 Å². The number of ether oxygens (including phenoxy) is 1. The first-order chi connectivity index (χ1) is 11.3. The first-order valence-corrected chi connectivity index (χ1v) is 7.84. The van der Waals surface area contributed by atoms with Gasteiger partial charge in [-0.1, -0.05) is 60.1 Å². The maximum Gasteiger partial charge on any atom is 0.222 e. The van der Waals surface area contributed by atoms with E-state index in [1.807, 2.05) is 72.8 Å². The second-order valence-corrected chi connectivity index (χ2v) is 5.83. The number of rotatable bonds is 2. The highest BCUT2D eigenvalue weighted by Crippen LogP contribution is 2.37. The lowest BCUT2D eigenvalue weighted by Gasteiger charge is -2.12. The minimum Gasteiger partial charge on any atom is -0.464 e. The molecule has 0 aliphatic carbocycles. The molecule has 1 atom stereocenters. The van der Waals surface area contributed by atoms with Crippen molar-refractivity contribution >= 4 is 23.2 Å². The molecule has 0 radical (unpaired) electrons. The van der Waals surface area contributed by atoms with Crippen LogP contribution in [0.15, 0.2) is 83.9 Å². The molecule has 0 amide bonds. The molecule has 1 aliphatic heterocycles. The van der Waals surface area contributed by atoms with E-state index in [4.69, 9.17) is 16.3 Å². The fourth-order valence-corrected chi connectivity index (χ4v) is 2.88. The maximum absolute atomic E-state index is 6.17. The number of halogens is 1. The first kappa shape index (κ1) is 14.0. The van der Waals surface area contributed by atoms with Crippen molar-refractivity contribution in [1.29, 1.82) is 0 Å². The molecule has 0 saturated carbocycles. The molecule has 0 aromatic heterocycles. The average Bonchev–Trinajstić information content (AvgIpc) is 2.95. The van der Waals surface area contributed by atoms with Gasteiger partial charge in [0, 0.05) is 16.1 Å². The molecule has 3 aromatic rings. The number of hydrogen-bond acceptors (Lipinski definition) is 2. The van der Waals surface area contributed by atoms with Gasteiger partial charge in [0.25, 0.3) is 0 Å². The minimum atomic E-state index is -0.147. The third kappa shape index (κ3) is 2.73. The molecule has 1 aliphatic rings. The molecule has 2 nitrogen and oxygen atoms in total. The molecule has 0 spiro atoms. The van der Waals surface area contributed by atoms with Gasteiger partial charge in [0.15, 0.2) is 6.10 Å². The summed E-state index contributed by atoms with van der Waals surface area (Å²) in [6.07, 6.45) is -0.147.